The van der Waals surface area contributed by atoms with E-state index in [9.17, 15) is 0 Å². The van der Waals surface area contributed by atoms with E-state index in [4.69, 9.17) is 0 Å². The quantitative estimate of drug-likeness (QED) is 0.767. The fraction of sp³-hybridized carbons (Fsp3) is 0.400. The molecular formula is C15H19BrN4. The Hall–Kier alpha value is -1.33. The highest BCUT2D eigenvalue weighted by Gasteiger charge is 2.14. The molecule has 4 nitrogen and oxygen atoms in total. The van der Waals surface area contributed by atoms with Crippen LogP contribution in [0.5, 0.6) is 0 Å². The molecule has 0 aliphatic carbocycles. The van der Waals surface area contributed by atoms with Crippen LogP contribution in [0, 0.1) is 0 Å². The number of likely N-dealkylation sites (N-methyl/N-ethyl adjacent to an activating group) is 1. The molecule has 0 aliphatic heterocycles. The number of hydrogen-bond acceptors (Lipinski definition) is 2. The number of H-pyrrole nitrogens is 1. The standard InChI is InChI=1S/C15H19BrN4/c1-9(2)10-4-5-11-13(8-10)20-14(16)12(6-7-17-3)19-15(20)18-11/h4-5,8-9,17H,6-7H2,1-3H3,(H,18,19). The van der Waals surface area contributed by atoms with Gasteiger partial charge in [-0.2, -0.15) is 0 Å². The summed E-state index contributed by atoms with van der Waals surface area (Å²) in [6, 6.07) is 6.50. The average molecular weight is 335 g/mol. The summed E-state index contributed by atoms with van der Waals surface area (Å²) in [6.07, 6.45) is 0.950. The lowest BCUT2D eigenvalue weighted by Crippen LogP contribution is -2.10. The van der Waals surface area contributed by atoms with Gasteiger partial charge >= 0.3 is 0 Å². The predicted octanol–water partition coefficient (Wildman–Crippen LogP) is 3.46. The lowest BCUT2D eigenvalue weighted by atomic mass is 10.0. The van der Waals surface area contributed by atoms with Crippen LogP contribution in [0.2, 0.25) is 0 Å². The van der Waals surface area contributed by atoms with Crippen LogP contribution in [0.25, 0.3) is 16.8 Å². The zero-order chi connectivity index (χ0) is 14.3. The van der Waals surface area contributed by atoms with Crippen molar-refractivity contribution in [2.75, 3.05) is 13.6 Å². The van der Waals surface area contributed by atoms with E-state index in [0.717, 1.165) is 34.4 Å². The number of fused-ring (bicyclic) bond motifs is 3. The van der Waals surface area contributed by atoms with E-state index >= 15 is 0 Å². The molecule has 106 valence electrons. The highest BCUT2D eigenvalue weighted by Crippen LogP contribution is 2.27. The maximum absolute atomic E-state index is 4.66. The fourth-order valence-electron chi connectivity index (χ4n) is 2.47. The smallest absolute Gasteiger partial charge is 0.213 e. The van der Waals surface area contributed by atoms with Gasteiger partial charge in [-0.25, -0.2) is 4.98 Å². The second kappa shape index (κ2) is 5.22. The summed E-state index contributed by atoms with van der Waals surface area (Å²) in [7, 11) is 1.96. The first-order chi connectivity index (χ1) is 9.61. The van der Waals surface area contributed by atoms with Crippen LogP contribution in [-0.2, 0) is 6.42 Å². The van der Waals surface area contributed by atoms with E-state index in [-0.39, 0.29) is 0 Å². The summed E-state index contributed by atoms with van der Waals surface area (Å²) in [5, 5.41) is 3.17. The van der Waals surface area contributed by atoms with Crippen molar-refractivity contribution in [3.05, 3.63) is 34.1 Å². The molecule has 3 aromatic rings. The molecule has 0 atom stereocenters. The molecule has 3 rings (SSSR count). The Morgan fingerprint density at radius 2 is 2.20 bits per heavy atom. The third kappa shape index (κ3) is 2.15. The van der Waals surface area contributed by atoms with Crippen LogP contribution in [0.3, 0.4) is 0 Å². The fourth-order valence-corrected chi connectivity index (χ4v) is 3.13. The van der Waals surface area contributed by atoms with Crippen molar-refractivity contribution in [3.8, 4) is 0 Å². The van der Waals surface area contributed by atoms with Gasteiger partial charge in [0.05, 0.1) is 16.7 Å². The molecule has 5 heteroatoms. The molecular weight excluding hydrogens is 316 g/mol. The molecule has 2 heterocycles. The molecule has 20 heavy (non-hydrogen) atoms. The number of nitrogens with one attached hydrogen (secondary N) is 2. The maximum Gasteiger partial charge on any atom is 0.213 e. The van der Waals surface area contributed by atoms with Crippen LogP contribution in [0.1, 0.15) is 31.0 Å². The minimum absolute atomic E-state index is 0.520. The second-order valence-corrected chi connectivity index (χ2v) is 6.17. The van der Waals surface area contributed by atoms with Gasteiger partial charge < -0.3 is 10.3 Å². The third-order valence-corrected chi connectivity index (χ3v) is 4.51. The van der Waals surface area contributed by atoms with Crippen molar-refractivity contribution < 1.29 is 0 Å². The summed E-state index contributed by atoms with van der Waals surface area (Å²) in [4.78, 5) is 8.06. The van der Waals surface area contributed by atoms with Gasteiger partial charge in [0, 0.05) is 13.0 Å². The second-order valence-electron chi connectivity index (χ2n) is 5.42. The molecule has 2 aromatic heterocycles. The van der Waals surface area contributed by atoms with Crippen molar-refractivity contribution >= 4 is 32.7 Å². The lowest BCUT2D eigenvalue weighted by Gasteiger charge is -2.05. The van der Waals surface area contributed by atoms with E-state index in [1.807, 2.05) is 7.05 Å². The van der Waals surface area contributed by atoms with Crippen molar-refractivity contribution in [1.29, 1.82) is 0 Å². The molecule has 1 aromatic carbocycles. The van der Waals surface area contributed by atoms with Gasteiger partial charge in [-0.15, -0.1) is 0 Å². The maximum atomic E-state index is 4.66. The summed E-state index contributed by atoms with van der Waals surface area (Å²) in [6.45, 7) is 5.37. The average Bonchev–Trinajstić information content (AvgIpc) is 2.92. The normalized spacial score (nSPS) is 12.1. The van der Waals surface area contributed by atoms with Crippen LogP contribution in [0.4, 0.5) is 0 Å². The SMILES string of the molecule is CNCCc1[nH]c2nc3ccc(C(C)C)cc3n2c1Br. The zero-order valence-electron chi connectivity index (χ0n) is 12.0. The Balaban J connectivity index is 2.18. The number of benzene rings is 1. The van der Waals surface area contributed by atoms with Crippen LogP contribution in [0.15, 0.2) is 22.8 Å². The Bertz CT molecular complexity index is 754. The first-order valence-electron chi connectivity index (χ1n) is 6.95. The number of rotatable bonds is 4. The van der Waals surface area contributed by atoms with Gasteiger partial charge in [0.2, 0.25) is 5.78 Å². The molecule has 2 N–H and O–H groups in total. The highest BCUT2D eigenvalue weighted by molar-refractivity contribution is 9.10. The first-order valence-corrected chi connectivity index (χ1v) is 7.74. The number of nitrogens with zero attached hydrogens (tertiary/aromatic N) is 2. The Morgan fingerprint density at radius 3 is 2.90 bits per heavy atom. The Labute approximate surface area is 126 Å². The van der Waals surface area contributed by atoms with Crippen LogP contribution < -0.4 is 5.32 Å². The van der Waals surface area contributed by atoms with E-state index in [1.165, 1.54) is 11.3 Å². The van der Waals surface area contributed by atoms with Gasteiger partial charge in [0.15, 0.2) is 0 Å². The highest BCUT2D eigenvalue weighted by atomic mass is 79.9. The van der Waals surface area contributed by atoms with Crippen LogP contribution >= 0.6 is 15.9 Å². The molecule has 0 radical (unpaired) electrons. The zero-order valence-corrected chi connectivity index (χ0v) is 13.6. The van der Waals surface area contributed by atoms with Gasteiger partial charge in [0.1, 0.15) is 4.60 Å². The van der Waals surface area contributed by atoms with Gasteiger partial charge in [-0.05, 0) is 46.6 Å². The molecule has 0 fully saturated rings. The molecule has 0 saturated carbocycles. The third-order valence-electron chi connectivity index (χ3n) is 3.68. The van der Waals surface area contributed by atoms with Crippen molar-refractivity contribution in [3.63, 3.8) is 0 Å². The molecule has 0 amide bonds. The number of halogens is 1. The van der Waals surface area contributed by atoms with Crippen molar-refractivity contribution in [1.82, 2.24) is 19.7 Å². The molecule has 0 saturated heterocycles. The van der Waals surface area contributed by atoms with E-state index in [2.05, 4.69) is 67.7 Å². The number of imidazole rings is 2. The Kier molecular flexibility index (Phi) is 3.56. The topological polar surface area (TPSA) is 45.1 Å². The molecule has 0 bridgehead atoms. The van der Waals surface area contributed by atoms with E-state index < -0.39 is 0 Å². The molecule has 0 aliphatic rings. The van der Waals surface area contributed by atoms with Gasteiger partial charge in [-0.1, -0.05) is 19.9 Å². The van der Waals surface area contributed by atoms with Crippen molar-refractivity contribution in [2.24, 2.45) is 0 Å². The predicted molar refractivity (Wildman–Crippen MR) is 86.5 cm³/mol. The summed E-state index contributed by atoms with van der Waals surface area (Å²) in [5.41, 5.74) is 4.70. The van der Waals surface area contributed by atoms with Crippen LogP contribution in [-0.4, -0.2) is 28.0 Å². The monoisotopic (exact) mass is 334 g/mol. The summed E-state index contributed by atoms with van der Waals surface area (Å²) < 4.78 is 3.23. The molecule has 0 unspecified atom stereocenters. The number of aromatic amines is 1. The van der Waals surface area contributed by atoms with Gasteiger partial charge in [0.25, 0.3) is 0 Å². The molecule has 0 spiro atoms. The summed E-state index contributed by atoms with van der Waals surface area (Å²) in [5.74, 6) is 1.42. The lowest BCUT2D eigenvalue weighted by molar-refractivity contribution is 0.777. The summed E-state index contributed by atoms with van der Waals surface area (Å²) >= 11 is 3.71. The first kappa shape index (κ1) is 13.6. The van der Waals surface area contributed by atoms with E-state index in [1.54, 1.807) is 0 Å². The number of aromatic nitrogens is 3. The van der Waals surface area contributed by atoms with Gasteiger partial charge in [-0.3, -0.25) is 4.40 Å². The van der Waals surface area contributed by atoms with E-state index in [0.29, 0.717) is 5.92 Å². The Morgan fingerprint density at radius 1 is 1.40 bits per heavy atom. The number of hydrogen-bond donors (Lipinski definition) is 2. The van der Waals surface area contributed by atoms with Crippen molar-refractivity contribution in [2.45, 2.75) is 26.2 Å². The largest absolute Gasteiger partial charge is 0.326 e. The minimum Gasteiger partial charge on any atom is -0.326 e. The minimum atomic E-state index is 0.520.